The van der Waals surface area contributed by atoms with Crippen molar-refractivity contribution in [2.45, 2.75) is 38.2 Å². The van der Waals surface area contributed by atoms with Gasteiger partial charge in [0, 0.05) is 75.3 Å². The first kappa shape index (κ1) is 24.3. The van der Waals surface area contributed by atoms with Gasteiger partial charge in [-0.05, 0) is 57.2 Å². The molecular weight excluding hydrogens is 466 g/mol. The summed E-state index contributed by atoms with van der Waals surface area (Å²) in [5, 5.41) is 0. The molecular formula is C28H37N7O2. The smallest absolute Gasteiger partial charge is 0.225 e. The Hall–Kier alpha value is -3.04. The quantitative estimate of drug-likeness (QED) is 0.504. The van der Waals surface area contributed by atoms with Crippen molar-refractivity contribution in [3.8, 4) is 5.75 Å². The summed E-state index contributed by atoms with van der Waals surface area (Å²) in [6.45, 7) is 7.39. The van der Waals surface area contributed by atoms with Crippen LogP contribution in [0.5, 0.6) is 5.75 Å². The first-order valence-electron chi connectivity index (χ1n) is 13.7. The number of ether oxygens (including phenoxy) is 2. The van der Waals surface area contributed by atoms with E-state index in [4.69, 9.17) is 14.5 Å². The number of benzene rings is 1. The normalized spacial score (nSPS) is 23.4. The average molecular weight is 504 g/mol. The third-order valence-corrected chi connectivity index (χ3v) is 7.97. The number of hydrogen-bond acceptors (Lipinski definition) is 9. The molecule has 1 aromatic carbocycles. The first-order valence-corrected chi connectivity index (χ1v) is 13.7. The van der Waals surface area contributed by atoms with E-state index in [-0.39, 0.29) is 6.10 Å². The Morgan fingerprint density at radius 2 is 1.65 bits per heavy atom. The van der Waals surface area contributed by atoms with Gasteiger partial charge in [0.25, 0.3) is 0 Å². The van der Waals surface area contributed by atoms with E-state index >= 15 is 0 Å². The summed E-state index contributed by atoms with van der Waals surface area (Å²) in [5.41, 5.74) is 4.03. The highest BCUT2D eigenvalue weighted by Crippen LogP contribution is 2.34. The van der Waals surface area contributed by atoms with Crippen molar-refractivity contribution < 1.29 is 9.47 Å². The van der Waals surface area contributed by atoms with Crippen LogP contribution in [0.1, 0.15) is 31.4 Å². The van der Waals surface area contributed by atoms with Crippen molar-refractivity contribution >= 4 is 22.7 Å². The van der Waals surface area contributed by atoms with Gasteiger partial charge in [-0.25, -0.2) is 15.0 Å². The van der Waals surface area contributed by atoms with Crippen molar-refractivity contribution in [1.29, 1.82) is 0 Å². The van der Waals surface area contributed by atoms with Crippen molar-refractivity contribution in [1.82, 2.24) is 24.8 Å². The maximum absolute atomic E-state index is 6.61. The molecule has 3 fully saturated rings. The summed E-state index contributed by atoms with van der Waals surface area (Å²) in [4.78, 5) is 25.7. The molecule has 0 bridgehead atoms. The monoisotopic (exact) mass is 503 g/mol. The second kappa shape index (κ2) is 11.1. The Morgan fingerprint density at radius 1 is 0.865 bits per heavy atom. The highest BCUT2D eigenvalue weighted by Gasteiger charge is 2.25. The van der Waals surface area contributed by atoms with Crippen LogP contribution >= 0.6 is 0 Å². The van der Waals surface area contributed by atoms with Crippen molar-refractivity contribution in [2.75, 3.05) is 69.3 Å². The Labute approximate surface area is 218 Å². The molecule has 196 valence electrons. The number of likely N-dealkylation sites (N-methyl/N-ethyl adjacent to an activating group) is 1. The van der Waals surface area contributed by atoms with E-state index in [2.05, 4.69) is 54.9 Å². The number of morpholine rings is 1. The van der Waals surface area contributed by atoms with Crippen LogP contribution in [-0.4, -0.2) is 90.5 Å². The van der Waals surface area contributed by atoms with E-state index in [1.54, 1.807) is 12.4 Å². The van der Waals surface area contributed by atoms with Crippen LogP contribution < -0.4 is 14.5 Å². The maximum atomic E-state index is 6.61. The molecule has 9 nitrogen and oxygen atoms in total. The fourth-order valence-electron chi connectivity index (χ4n) is 5.71. The SMILES string of the molecule is CN1CCN(c2nccc(CC3CCC(Oc4cc(N5CCOCC5)cc5nccnc45)CC3)n2)CC1. The van der Waals surface area contributed by atoms with Gasteiger partial charge in [-0.2, -0.15) is 0 Å². The third kappa shape index (κ3) is 5.78. The van der Waals surface area contributed by atoms with Crippen LogP contribution in [0.2, 0.25) is 0 Å². The molecule has 2 aromatic heterocycles. The van der Waals surface area contributed by atoms with E-state index in [1.807, 2.05) is 6.20 Å². The second-order valence-corrected chi connectivity index (χ2v) is 10.6. The van der Waals surface area contributed by atoms with Gasteiger partial charge in [-0.3, -0.25) is 4.98 Å². The Kier molecular flexibility index (Phi) is 7.32. The van der Waals surface area contributed by atoms with Gasteiger partial charge >= 0.3 is 0 Å². The predicted octanol–water partition coefficient (Wildman–Crippen LogP) is 3.19. The standard InChI is InChI=1S/C28H37N7O2/c1-33-10-12-35(13-11-33)28-31-7-6-22(32-28)18-21-2-4-24(5-3-21)37-26-20-23(34-14-16-36-17-15-34)19-25-27(26)30-9-8-29-25/h6-9,19-21,24H,2-5,10-18H2,1H3. The Bertz CT molecular complexity index is 1190. The molecule has 6 rings (SSSR count). The fourth-order valence-corrected chi connectivity index (χ4v) is 5.71. The second-order valence-electron chi connectivity index (χ2n) is 10.6. The number of aromatic nitrogens is 4. The largest absolute Gasteiger partial charge is 0.488 e. The molecule has 3 aromatic rings. The van der Waals surface area contributed by atoms with Gasteiger partial charge in [0.1, 0.15) is 11.3 Å². The molecule has 4 heterocycles. The number of fused-ring (bicyclic) bond motifs is 1. The zero-order valence-electron chi connectivity index (χ0n) is 21.8. The van der Waals surface area contributed by atoms with Gasteiger partial charge in [0.15, 0.2) is 0 Å². The van der Waals surface area contributed by atoms with Crippen molar-refractivity contribution in [3.63, 3.8) is 0 Å². The van der Waals surface area contributed by atoms with Crippen molar-refractivity contribution in [3.05, 3.63) is 42.5 Å². The molecule has 9 heteroatoms. The summed E-state index contributed by atoms with van der Waals surface area (Å²) >= 11 is 0. The molecule has 1 saturated carbocycles. The number of anilines is 2. The highest BCUT2D eigenvalue weighted by molar-refractivity contribution is 5.85. The summed E-state index contributed by atoms with van der Waals surface area (Å²) in [7, 11) is 2.17. The summed E-state index contributed by atoms with van der Waals surface area (Å²) in [6.07, 6.45) is 11.0. The zero-order valence-corrected chi connectivity index (χ0v) is 21.8. The average Bonchev–Trinajstić information content (AvgIpc) is 2.95. The summed E-state index contributed by atoms with van der Waals surface area (Å²) in [6, 6.07) is 6.36. The van der Waals surface area contributed by atoms with Crippen molar-refractivity contribution in [2.24, 2.45) is 5.92 Å². The minimum absolute atomic E-state index is 0.202. The lowest BCUT2D eigenvalue weighted by molar-refractivity contribution is 0.122. The van der Waals surface area contributed by atoms with E-state index in [1.165, 1.54) is 0 Å². The molecule has 1 aliphatic carbocycles. The van der Waals surface area contributed by atoms with Crippen LogP contribution in [0.15, 0.2) is 36.8 Å². The molecule has 0 N–H and O–H groups in total. The molecule has 0 unspecified atom stereocenters. The van der Waals surface area contributed by atoms with E-state index < -0.39 is 0 Å². The molecule has 0 amide bonds. The van der Waals surface area contributed by atoms with Gasteiger partial charge < -0.3 is 24.2 Å². The number of piperazine rings is 1. The first-order chi connectivity index (χ1) is 18.2. The minimum Gasteiger partial charge on any atom is -0.488 e. The topological polar surface area (TPSA) is 79.7 Å². The molecule has 0 atom stereocenters. The molecule has 37 heavy (non-hydrogen) atoms. The van der Waals surface area contributed by atoms with Crippen LogP contribution in [0.25, 0.3) is 11.0 Å². The molecule has 3 aliphatic rings. The lowest BCUT2D eigenvalue weighted by Crippen LogP contribution is -2.45. The Balaban J connectivity index is 1.08. The zero-order chi connectivity index (χ0) is 25.0. The van der Waals surface area contributed by atoms with Gasteiger partial charge in [-0.15, -0.1) is 0 Å². The van der Waals surface area contributed by atoms with Gasteiger partial charge in [0.2, 0.25) is 5.95 Å². The lowest BCUT2D eigenvalue weighted by Gasteiger charge is -2.33. The number of nitrogens with zero attached hydrogens (tertiary/aromatic N) is 7. The van der Waals surface area contributed by atoms with Gasteiger partial charge in [0.05, 0.1) is 24.8 Å². The maximum Gasteiger partial charge on any atom is 0.225 e. The molecule has 0 spiro atoms. The molecule has 2 saturated heterocycles. The van der Waals surface area contributed by atoms with Gasteiger partial charge in [-0.1, -0.05) is 0 Å². The predicted molar refractivity (Wildman–Crippen MR) is 144 cm³/mol. The highest BCUT2D eigenvalue weighted by atomic mass is 16.5. The van der Waals surface area contributed by atoms with E-state index in [0.29, 0.717) is 5.92 Å². The van der Waals surface area contributed by atoms with E-state index in [0.717, 1.165) is 119 Å². The van der Waals surface area contributed by atoms with Crippen LogP contribution in [0.4, 0.5) is 11.6 Å². The lowest BCUT2D eigenvalue weighted by atomic mass is 9.84. The fraction of sp³-hybridized carbons (Fsp3) is 0.571. The number of rotatable bonds is 6. The van der Waals surface area contributed by atoms with Crippen LogP contribution in [0.3, 0.4) is 0 Å². The minimum atomic E-state index is 0.202. The van der Waals surface area contributed by atoms with Crippen LogP contribution in [-0.2, 0) is 11.2 Å². The Morgan fingerprint density at radius 3 is 2.46 bits per heavy atom. The third-order valence-electron chi connectivity index (χ3n) is 7.97. The van der Waals surface area contributed by atoms with E-state index in [9.17, 15) is 0 Å². The molecule has 2 aliphatic heterocycles. The van der Waals surface area contributed by atoms with Crippen LogP contribution in [0, 0.1) is 5.92 Å². The number of hydrogen-bond donors (Lipinski definition) is 0. The molecule has 0 radical (unpaired) electrons. The summed E-state index contributed by atoms with van der Waals surface area (Å²) < 4.78 is 12.2. The summed E-state index contributed by atoms with van der Waals surface area (Å²) in [5.74, 6) is 2.37.